The quantitative estimate of drug-likeness (QED) is 0.604. The van der Waals surface area contributed by atoms with Crippen LogP contribution in [0.15, 0.2) is 60.7 Å². The van der Waals surface area contributed by atoms with Gasteiger partial charge in [0.25, 0.3) is 7.55 Å². The van der Waals surface area contributed by atoms with Gasteiger partial charge in [0.05, 0.1) is 0 Å². The van der Waals surface area contributed by atoms with Crippen LogP contribution in [0.3, 0.4) is 0 Å². The van der Waals surface area contributed by atoms with E-state index in [0.29, 0.717) is 0 Å². The fraction of sp³-hybridized carbons (Fsp3) is 0.250. The Kier molecular flexibility index (Phi) is 4.80. The first kappa shape index (κ1) is 14.3. The summed E-state index contributed by atoms with van der Waals surface area (Å²) in [6.45, 7) is 6.30. The third-order valence-electron chi connectivity index (χ3n) is 3.51. The summed E-state index contributed by atoms with van der Waals surface area (Å²) in [5.74, 6) is 0. The van der Waals surface area contributed by atoms with Crippen LogP contribution in [0.2, 0.25) is 0 Å². The third-order valence-corrected chi connectivity index (χ3v) is 9.24. The zero-order valence-electron chi connectivity index (χ0n) is 11.5. The summed E-state index contributed by atoms with van der Waals surface area (Å²) < 4.78 is 2.42. The first-order valence-electron chi connectivity index (χ1n) is 6.78. The molecule has 0 atom stereocenters. The number of hydrogen-bond acceptors (Lipinski definition) is 1. The molecule has 0 aromatic heterocycles. The monoisotopic (exact) mass is 289 g/mol. The summed E-state index contributed by atoms with van der Waals surface area (Å²) in [6.07, 6.45) is 0. The summed E-state index contributed by atoms with van der Waals surface area (Å²) in [5.41, 5.74) is 0. The van der Waals surface area contributed by atoms with E-state index in [4.69, 9.17) is 11.1 Å². The van der Waals surface area contributed by atoms with E-state index in [0.717, 1.165) is 13.1 Å². The highest BCUT2D eigenvalue weighted by atomic mass is 35.6. The standard InChI is InChI=1S/C16H20ClNSi/c1-3-18(4-2)19(17,15-11-7-5-8-12-15)16-13-9-6-10-14-16/h5-14H,3-4H2,1-2H3. The van der Waals surface area contributed by atoms with E-state index in [-0.39, 0.29) is 0 Å². The van der Waals surface area contributed by atoms with Gasteiger partial charge < -0.3 is 4.57 Å². The maximum absolute atomic E-state index is 7.22. The molecule has 0 aliphatic rings. The van der Waals surface area contributed by atoms with Crippen LogP contribution >= 0.6 is 11.1 Å². The number of hydrogen-bond donors (Lipinski definition) is 0. The minimum Gasteiger partial charge on any atom is -0.305 e. The molecule has 100 valence electrons. The minimum absolute atomic E-state index is 0.968. The van der Waals surface area contributed by atoms with Crippen molar-refractivity contribution in [3.63, 3.8) is 0 Å². The Labute approximate surface area is 121 Å². The molecule has 0 radical (unpaired) electrons. The molecule has 0 aliphatic carbocycles. The first-order valence-corrected chi connectivity index (χ1v) is 9.74. The molecule has 0 N–H and O–H groups in total. The van der Waals surface area contributed by atoms with Crippen LogP contribution in [-0.4, -0.2) is 25.2 Å². The fourth-order valence-electron chi connectivity index (χ4n) is 2.51. The maximum atomic E-state index is 7.22. The first-order chi connectivity index (χ1) is 9.23. The maximum Gasteiger partial charge on any atom is 0.291 e. The minimum atomic E-state index is -2.33. The van der Waals surface area contributed by atoms with Crippen LogP contribution in [0.25, 0.3) is 0 Å². The highest BCUT2D eigenvalue weighted by molar-refractivity contribution is 7.32. The van der Waals surface area contributed by atoms with Gasteiger partial charge in [-0.15, -0.1) is 11.1 Å². The van der Waals surface area contributed by atoms with Crippen molar-refractivity contribution in [3.05, 3.63) is 60.7 Å². The zero-order valence-corrected chi connectivity index (χ0v) is 13.3. The van der Waals surface area contributed by atoms with E-state index in [1.165, 1.54) is 10.4 Å². The second-order valence-corrected chi connectivity index (χ2v) is 9.20. The Bertz CT molecular complexity index is 457. The SMILES string of the molecule is CCN(CC)[Si](Cl)(c1ccccc1)c1ccccc1. The average Bonchev–Trinajstić information content (AvgIpc) is 2.50. The summed E-state index contributed by atoms with van der Waals surface area (Å²) in [4.78, 5) is 0. The largest absolute Gasteiger partial charge is 0.305 e. The van der Waals surface area contributed by atoms with E-state index in [2.05, 4.69) is 66.9 Å². The summed E-state index contributed by atoms with van der Waals surface area (Å²) in [5, 5.41) is 2.51. The molecule has 0 bridgehead atoms. The van der Waals surface area contributed by atoms with Gasteiger partial charge in [0.2, 0.25) is 0 Å². The lowest BCUT2D eigenvalue weighted by atomic mass is 10.4. The molecule has 0 heterocycles. The molecule has 0 fully saturated rings. The van der Waals surface area contributed by atoms with Crippen LogP contribution in [0.4, 0.5) is 0 Å². The van der Waals surface area contributed by atoms with Crippen molar-refractivity contribution in [2.75, 3.05) is 13.1 Å². The second-order valence-electron chi connectivity index (χ2n) is 4.53. The molecule has 0 saturated heterocycles. The number of halogens is 1. The topological polar surface area (TPSA) is 3.24 Å². The summed E-state index contributed by atoms with van der Waals surface area (Å²) in [6, 6.07) is 21.0. The number of rotatable bonds is 5. The van der Waals surface area contributed by atoms with Crippen LogP contribution in [0.5, 0.6) is 0 Å². The molecule has 0 amide bonds. The van der Waals surface area contributed by atoms with E-state index in [9.17, 15) is 0 Å². The Morgan fingerprint density at radius 2 is 1.16 bits per heavy atom. The van der Waals surface area contributed by atoms with Gasteiger partial charge in [0.1, 0.15) is 0 Å². The average molecular weight is 290 g/mol. The van der Waals surface area contributed by atoms with Crippen molar-refractivity contribution in [1.82, 2.24) is 4.57 Å². The Morgan fingerprint density at radius 1 is 0.789 bits per heavy atom. The van der Waals surface area contributed by atoms with Gasteiger partial charge in [-0.05, 0) is 23.5 Å². The third kappa shape index (κ3) is 2.76. The molecular formula is C16H20ClNSi. The van der Waals surface area contributed by atoms with Crippen molar-refractivity contribution in [2.45, 2.75) is 13.8 Å². The van der Waals surface area contributed by atoms with Gasteiger partial charge in [-0.3, -0.25) is 0 Å². The number of nitrogens with zero attached hydrogens (tertiary/aromatic N) is 1. The van der Waals surface area contributed by atoms with Crippen LogP contribution in [0.1, 0.15) is 13.8 Å². The molecule has 0 spiro atoms. The lowest BCUT2D eigenvalue weighted by Crippen LogP contribution is -2.66. The molecule has 0 saturated carbocycles. The second kappa shape index (κ2) is 6.37. The van der Waals surface area contributed by atoms with Gasteiger partial charge >= 0.3 is 0 Å². The summed E-state index contributed by atoms with van der Waals surface area (Å²) in [7, 11) is -2.33. The van der Waals surface area contributed by atoms with Crippen LogP contribution in [-0.2, 0) is 0 Å². The van der Waals surface area contributed by atoms with Crippen molar-refractivity contribution in [1.29, 1.82) is 0 Å². The molecule has 3 heteroatoms. The van der Waals surface area contributed by atoms with E-state index in [1.807, 2.05) is 12.1 Å². The van der Waals surface area contributed by atoms with Crippen molar-refractivity contribution in [2.24, 2.45) is 0 Å². The molecule has 2 aromatic rings. The summed E-state index contributed by atoms with van der Waals surface area (Å²) >= 11 is 7.22. The highest BCUT2D eigenvalue weighted by Crippen LogP contribution is 2.16. The van der Waals surface area contributed by atoms with Gasteiger partial charge in [0.15, 0.2) is 0 Å². The van der Waals surface area contributed by atoms with Gasteiger partial charge in [-0.25, -0.2) is 0 Å². The van der Waals surface area contributed by atoms with Crippen LogP contribution < -0.4 is 10.4 Å². The predicted molar refractivity (Wildman–Crippen MR) is 86.7 cm³/mol. The lowest BCUT2D eigenvalue weighted by molar-refractivity contribution is 0.486. The molecule has 0 unspecified atom stereocenters. The Balaban J connectivity index is 2.57. The lowest BCUT2D eigenvalue weighted by Gasteiger charge is -2.36. The zero-order chi connectivity index (χ0) is 13.7. The smallest absolute Gasteiger partial charge is 0.291 e. The molecule has 19 heavy (non-hydrogen) atoms. The van der Waals surface area contributed by atoms with E-state index in [1.54, 1.807) is 0 Å². The molecule has 2 rings (SSSR count). The van der Waals surface area contributed by atoms with Gasteiger partial charge in [-0.1, -0.05) is 74.5 Å². The highest BCUT2D eigenvalue weighted by Gasteiger charge is 2.40. The Morgan fingerprint density at radius 3 is 1.47 bits per heavy atom. The molecule has 2 aromatic carbocycles. The van der Waals surface area contributed by atoms with Crippen molar-refractivity contribution in [3.8, 4) is 0 Å². The molecule has 1 nitrogen and oxygen atoms in total. The van der Waals surface area contributed by atoms with E-state index >= 15 is 0 Å². The van der Waals surface area contributed by atoms with Crippen LogP contribution in [0, 0.1) is 0 Å². The van der Waals surface area contributed by atoms with Crippen molar-refractivity contribution >= 4 is 29.0 Å². The molecule has 0 aliphatic heterocycles. The van der Waals surface area contributed by atoms with E-state index < -0.39 is 7.55 Å². The predicted octanol–water partition coefficient (Wildman–Crippen LogP) is 2.82. The number of benzene rings is 2. The normalized spacial score (nSPS) is 11.8. The van der Waals surface area contributed by atoms with Crippen molar-refractivity contribution < 1.29 is 0 Å². The van der Waals surface area contributed by atoms with Gasteiger partial charge in [-0.2, -0.15) is 0 Å². The molecular weight excluding hydrogens is 270 g/mol. The Hall–Kier alpha value is -1.09. The van der Waals surface area contributed by atoms with Gasteiger partial charge in [0, 0.05) is 0 Å². The fourth-order valence-corrected chi connectivity index (χ4v) is 7.19.